The molecule has 1 aromatic carbocycles. The molecule has 0 heterocycles. The van der Waals surface area contributed by atoms with Gasteiger partial charge in [0.05, 0.1) is 23.6 Å². The van der Waals surface area contributed by atoms with Gasteiger partial charge in [-0.1, -0.05) is 11.6 Å². The second kappa shape index (κ2) is 9.83. The maximum atomic E-state index is 12.5. The summed E-state index contributed by atoms with van der Waals surface area (Å²) in [6.45, 7) is 3.22. The van der Waals surface area contributed by atoms with Crippen molar-refractivity contribution in [1.82, 2.24) is 9.62 Å². The number of nitrogens with one attached hydrogen (secondary N) is 1. The van der Waals surface area contributed by atoms with E-state index in [2.05, 4.69) is 5.32 Å². The maximum absolute atomic E-state index is 12.5. The maximum Gasteiger partial charge on any atom is 0.243 e. The van der Waals surface area contributed by atoms with E-state index >= 15 is 0 Å². The molecule has 0 saturated heterocycles. The normalized spacial score (nSPS) is 11.5. The van der Waals surface area contributed by atoms with Crippen LogP contribution in [0, 0.1) is 0 Å². The zero-order valence-corrected chi connectivity index (χ0v) is 15.6. The Kier molecular flexibility index (Phi) is 8.47. The van der Waals surface area contributed by atoms with E-state index in [-0.39, 0.29) is 22.4 Å². The number of hydrogen-bond acceptors (Lipinski definition) is 5. The van der Waals surface area contributed by atoms with Crippen LogP contribution in [0.5, 0.6) is 5.75 Å². The molecule has 0 aliphatic heterocycles. The molecular formula is C15H23ClN2O5S. The summed E-state index contributed by atoms with van der Waals surface area (Å²) < 4.78 is 36.1. The van der Waals surface area contributed by atoms with E-state index in [1.807, 2.05) is 6.92 Å². The lowest BCUT2D eigenvalue weighted by Gasteiger charge is -2.17. The monoisotopic (exact) mass is 378 g/mol. The van der Waals surface area contributed by atoms with Gasteiger partial charge >= 0.3 is 0 Å². The molecule has 0 aliphatic carbocycles. The largest absolute Gasteiger partial charge is 0.495 e. The minimum absolute atomic E-state index is 0.0000502. The van der Waals surface area contributed by atoms with Crippen molar-refractivity contribution < 1.29 is 22.7 Å². The van der Waals surface area contributed by atoms with Crippen molar-refractivity contribution in [2.75, 3.05) is 40.5 Å². The van der Waals surface area contributed by atoms with Crippen molar-refractivity contribution in [2.24, 2.45) is 0 Å². The predicted octanol–water partition coefficient (Wildman–Crippen LogP) is 1.51. The lowest BCUT2D eigenvalue weighted by atomic mass is 10.3. The van der Waals surface area contributed by atoms with E-state index < -0.39 is 10.0 Å². The number of carbonyl (C=O) groups excluding carboxylic acids is 1. The van der Waals surface area contributed by atoms with Crippen LogP contribution >= 0.6 is 11.6 Å². The van der Waals surface area contributed by atoms with Crippen molar-refractivity contribution in [3.8, 4) is 5.75 Å². The number of hydrogen-bond donors (Lipinski definition) is 1. The van der Waals surface area contributed by atoms with Gasteiger partial charge in [0, 0.05) is 26.8 Å². The van der Waals surface area contributed by atoms with Crippen molar-refractivity contribution in [2.45, 2.75) is 18.2 Å². The van der Waals surface area contributed by atoms with E-state index in [4.69, 9.17) is 21.1 Å². The van der Waals surface area contributed by atoms with Gasteiger partial charge in [0.15, 0.2) is 0 Å². The number of benzene rings is 1. The molecule has 0 bridgehead atoms. The summed E-state index contributed by atoms with van der Waals surface area (Å²) >= 11 is 5.96. The van der Waals surface area contributed by atoms with Crippen LogP contribution in [-0.4, -0.2) is 59.1 Å². The second-order valence-electron chi connectivity index (χ2n) is 4.96. The van der Waals surface area contributed by atoms with Crippen molar-refractivity contribution in [3.63, 3.8) is 0 Å². The number of ether oxygens (including phenoxy) is 2. The molecule has 1 aromatic rings. The highest BCUT2D eigenvalue weighted by atomic mass is 35.5. The molecule has 7 nitrogen and oxygen atoms in total. The molecule has 0 radical (unpaired) electrons. The van der Waals surface area contributed by atoms with E-state index in [9.17, 15) is 13.2 Å². The number of rotatable bonds is 10. The van der Waals surface area contributed by atoms with E-state index in [0.29, 0.717) is 31.9 Å². The van der Waals surface area contributed by atoms with Crippen LogP contribution in [0.15, 0.2) is 23.1 Å². The molecule has 0 unspecified atom stereocenters. The lowest BCUT2D eigenvalue weighted by Crippen LogP contribution is -2.38. The number of carbonyl (C=O) groups is 1. The summed E-state index contributed by atoms with van der Waals surface area (Å²) in [5, 5.41) is 2.84. The highest BCUT2D eigenvalue weighted by Gasteiger charge is 2.23. The third-order valence-corrected chi connectivity index (χ3v) is 5.28. The zero-order chi connectivity index (χ0) is 18.2. The van der Waals surface area contributed by atoms with Crippen LogP contribution in [0.2, 0.25) is 5.02 Å². The molecular weight excluding hydrogens is 356 g/mol. The molecule has 136 valence electrons. The van der Waals surface area contributed by atoms with Gasteiger partial charge in [0.2, 0.25) is 15.9 Å². The first-order valence-corrected chi connectivity index (χ1v) is 9.29. The van der Waals surface area contributed by atoms with Gasteiger partial charge in [-0.15, -0.1) is 0 Å². The summed E-state index contributed by atoms with van der Waals surface area (Å²) in [6, 6.07) is 4.15. The lowest BCUT2D eigenvalue weighted by molar-refractivity contribution is -0.121. The first-order valence-electron chi connectivity index (χ1n) is 7.47. The molecule has 1 amide bonds. The molecule has 0 atom stereocenters. The Hall–Kier alpha value is -1.35. The summed E-state index contributed by atoms with van der Waals surface area (Å²) in [5.41, 5.74) is 0. The van der Waals surface area contributed by atoms with Crippen molar-refractivity contribution in [3.05, 3.63) is 23.2 Å². The fourth-order valence-electron chi connectivity index (χ4n) is 1.88. The summed E-state index contributed by atoms with van der Waals surface area (Å²) in [6.07, 6.45) is 0.671. The summed E-state index contributed by atoms with van der Waals surface area (Å²) in [5.74, 6) is 0.00231. The molecule has 1 N–H and O–H groups in total. The van der Waals surface area contributed by atoms with Gasteiger partial charge in [0.25, 0.3) is 0 Å². The Morgan fingerprint density at radius 3 is 2.67 bits per heavy atom. The molecule has 24 heavy (non-hydrogen) atoms. The van der Waals surface area contributed by atoms with Crippen LogP contribution in [0.25, 0.3) is 0 Å². The fraction of sp³-hybridized carbons (Fsp3) is 0.533. The molecule has 0 spiro atoms. The first-order chi connectivity index (χ1) is 11.3. The van der Waals surface area contributed by atoms with Crippen LogP contribution in [0.3, 0.4) is 0 Å². The Bertz CT molecular complexity index is 651. The minimum atomic E-state index is -3.81. The van der Waals surface area contributed by atoms with E-state index in [1.54, 1.807) is 0 Å². The Labute approximate surface area is 147 Å². The quantitative estimate of drug-likeness (QED) is 0.624. The highest BCUT2D eigenvalue weighted by molar-refractivity contribution is 7.89. The summed E-state index contributed by atoms with van der Waals surface area (Å²) in [7, 11) is -1.03. The molecule has 1 rings (SSSR count). The van der Waals surface area contributed by atoms with Crippen LogP contribution in [-0.2, 0) is 19.6 Å². The summed E-state index contributed by atoms with van der Waals surface area (Å²) in [4.78, 5) is 11.8. The van der Waals surface area contributed by atoms with E-state index in [0.717, 1.165) is 4.31 Å². The van der Waals surface area contributed by atoms with Gasteiger partial charge in [-0.05, 0) is 31.5 Å². The Morgan fingerprint density at radius 1 is 1.38 bits per heavy atom. The third-order valence-electron chi connectivity index (χ3n) is 3.19. The minimum Gasteiger partial charge on any atom is -0.495 e. The Balaban J connectivity index is 2.63. The number of amides is 1. The van der Waals surface area contributed by atoms with Crippen molar-refractivity contribution >= 4 is 27.5 Å². The molecule has 9 heteroatoms. The van der Waals surface area contributed by atoms with E-state index in [1.165, 1.54) is 32.4 Å². The number of nitrogens with zero attached hydrogens (tertiary/aromatic N) is 1. The van der Waals surface area contributed by atoms with Gasteiger partial charge in [-0.3, -0.25) is 4.79 Å². The van der Waals surface area contributed by atoms with Gasteiger partial charge in [-0.25, -0.2) is 8.42 Å². The highest BCUT2D eigenvalue weighted by Crippen LogP contribution is 2.27. The second-order valence-corrected chi connectivity index (χ2v) is 7.41. The van der Waals surface area contributed by atoms with Crippen molar-refractivity contribution in [1.29, 1.82) is 0 Å². The zero-order valence-electron chi connectivity index (χ0n) is 14.0. The number of likely N-dealkylation sites (N-methyl/N-ethyl adjacent to an activating group) is 1. The van der Waals surface area contributed by atoms with Gasteiger partial charge in [0.1, 0.15) is 5.75 Å². The molecule has 0 aliphatic rings. The average Bonchev–Trinajstić information content (AvgIpc) is 2.54. The predicted molar refractivity (Wildman–Crippen MR) is 91.9 cm³/mol. The third kappa shape index (κ3) is 5.94. The van der Waals surface area contributed by atoms with Gasteiger partial charge < -0.3 is 14.8 Å². The van der Waals surface area contributed by atoms with Gasteiger partial charge in [-0.2, -0.15) is 4.31 Å². The van der Waals surface area contributed by atoms with Crippen LogP contribution in [0.1, 0.15) is 13.3 Å². The smallest absolute Gasteiger partial charge is 0.243 e. The molecule has 0 aromatic heterocycles. The topological polar surface area (TPSA) is 84.9 Å². The first kappa shape index (κ1) is 20.7. The Morgan fingerprint density at radius 2 is 2.08 bits per heavy atom. The van der Waals surface area contributed by atoms with Crippen LogP contribution in [0.4, 0.5) is 0 Å². The number of halogens is 1. The standard InChI is InChI=1S/C15H23ClN2O5S/c1-4-23-9-5-8-17-15(19)11-18(2)24(20,21)12-6-7-14(22-3)13(16)10-12/h6-7,10H,4-5,8-9,11H2,1-3H3,(H,17,19). The number of sulfonamides is 1. The molecule has 0 saturated carbocycles. The SMILES string of the molecule is CCOCCCNC(=O)CN(C)S(=O)(=O)c1ccc(OC)c(Cl)c1. The average molecular weight is 379 g/mol. The number of methoxy groups -OCH3 is 1. The fourth-order valence-corrected chi connectivity index (χ4v) is 3.35. The molecule has 0 fully saturated rings. The van der Waals surface area contributed by atoms with Crippen LogP contribution < -0.4 is 10.1 Å².